The van der Waals surface area contributed by atoms with Crippen LogP contribution in [0.1, 0.15) is 64.1 Å². The number of nitrogens with zero attached hydrogens (tertiary/aromatic N) is 2. The van der Waals surface area contributed by atoms with Crippen LogP contribution in [0.2, 0.25) is 0 Å². The van der Waals surface area contributed by atoms with Gasteiger partial charge < -0.3 is 5.32 Å². The highest BCUT2D eigenvalue weighted by Crippen LogP contribution is 2.34. The van der Waals surface area contributed by atoms with Crippen molar-refractivity contribution in [3.05, 3.63) is 70.9 Å². The lowest BCUT2D eigenvalue weighted by Gasteiger charge is -2.14. The summed E-state index contributed by atoms with van der Waals surface area (Å²) in [6.45, 7) is 0.385. The molecule has 0 spiro atoms. The van der Waals surface area contributed by atoms with E-state index in [0.29, 0.717) is 36.9 Å². The maximum atomic E-state index is 12.7. The third kappa shape index (κ3) is 3.66. The maximum Gasteiger partial charge on any atom is 0.261 e. The molecule has 2 aromatic carbocycles. The van der Waals surface area contributed by atoms with Gasteiger partial charge in [-0.1, -0.05) is 36.8 Å². The topological polar surface area (TPSA) is 79.4 Å². The second-order valence-electron chi connectivity index (χ2n) is 8.45. The van der Waals surface area contributed by atoms with Gasteiger partial charge in [0.15, 0.2) is 0 Å². The molecule has 0 saturated heterocycles. The molecule has 0 saturated carbocycles. The molecule has 3 aromatic rings. The highest BCUT2D eigenvalue weighted by Gasteiger charge is 2.34. The number of para-hydroxylation sites is 1. The maximum absolute atomic E-state index is 12.7. The number of amides is 3. The van der Waals surface area contributed by atoms with Crippen LogP contribution in [0, 0.1) is 0 Å². The Kier molecular flexibility index (Phi) is 5.43. The van der Waals surface area contributed by atoms with Gasteiger partial charge in [-0.05, 0) is 55.9 Å². The lowest BCUT2D eigenvalue weighted by Crippen LogP contribution is -2.30. The van der Waals surface area contributed by atoms with Crippen LogP contribution in [-0.2, 0) is 17.6 Å². The smallest absolute Gasteiger partial charge is 0.261 e. The molecule has 0 unspecified atom stereocenters. The average molecular weight is 428 g/mol. The fraction of sp³-hybridized carbons (Fsp3) is 0.308. The SMILES string of the molecule is O=C(CCCCCN1C(=O)c2ccccc2C1=O)Nc1c2c(nc3ccccc13)CCC2. The number of pyridine rings is 1. The minimum atomic E-state index is -0.221. The number of carbonyl (C=O) groups excluding carboxylic acids is 3. The lowest BCUT2D eigenvalue weighted by atomic mass is 10.1. The van der Waals surface area contributed by atoms with Crippen molar-refractivity contribution in [2.45, 2.75) is 44.9 Å². The normalized spacial score (nSPS) is 14.7. The summed E-state index contributed by atoms with van der Waals surface area (Å²) in [5.74, 6) is -0.445. The third-order valence-electron chi connectivity index (χ3n) is 6.35. The molecule has 2 aliphatic rings. The summed E-state index contributed by atoms with van der Waals surface area (Å²) in [5.41, 5.74) is 5.06. The van der Waals surface area contributed by atoms with E-state index < -0.39 is 0 Å². The monoisotopic (exact) mass is 427 g/mol. The van der Waals surface area contributed by atoms with Crippen LogP contribution in [-0.4, -0.2) is 34.2 Å². The van der Waals surface area contributed by atoms with Gasteiger partial charge in [-0.3, -0.25) is 24.3 Å². The second kappa shape index (κ2) is 8.54. The molecule has 32 heavy (non-hydrogen) atoms. The highest BCUT2D eigenvalue weighted by atomic mass is 16.2. The first-order valence-corrected chi connectivity index (χ1v) is 11.3. The number of hydrogen-bond acceptors (Lipinski definition) is 4. The van der Waals surface area contributed by atoms with Crippen LogP contribution in [0.25, 0.3) is 10.9 Å². The van der Waals surface area contributed by atoms with E-state index >= 15 is 0 Å². The van der Waals surface area contributed by atoms with Crippen molar-refractivity contribution >= 4 is 34.3 Å². The number of anilines is 1. The highest BCUT2D eigenvalue weighted by molar-refractivity contribution is 6.21. The number of imide groups is 1. The number of aryl methyl sites for hydroxylation is 1. The molecule has 5 rings (SSSR count). The number of unbranched alkanes of at least 4 members (excludes halogenated alkanes) is 2. The quantitative estimate of drug-likeness (QED) is 0.444. The van der Waals surface area contributed by atoms with Gasteiger partial charge >= 0.3 is 0 Å². The summed E-state index contributed by atoms with van der Waals surface area (Å²) in [5, 5.41) is 4.14. The van der Waals surface area contributed by atoms with Crippen molar-refractivity contribution in [2.75, 3.05) is 11.9 Å². The molecular formula is C26H25N3O3. The standard InChI is InChI=1S/C26H25N3O3/c30-23(28-24-19-11-5-6-13-21(19)27-22-14-8-12-20(22)24)15-2-1-7-16-29-25(31)17-9-3-4-10-18(17)26(29)32/h3-6,9-11,13H,1-2,7-8,12,14-16H2,(H,27,28,30). The van der Waals surface area contributed by atoms with Crippen molar-refractivity contribution in [3.8, 4) is 0 Å². The van der Waals surface area contributed by atoms with Gasteiger partial charge in [-0.2, -0.15) is 0 Å². The zero-order valence-electron chi connectivity index (χ0n) is 17.9. The van der Waals surface area contributed by atoms with Gasteiger partial charge in [-0.15, -0.1) is 0 Å². The van der Waals surface area contributed by atoms with Gasteiger partial charge in [0.1, 0.15) is 0 Å². The number of carbonyl (C=O) groups is 3. The Labute approximate surface area is 186 Å². The summed E-state index contributed by atoms with van der Waals surface area (Å²) in [6.07, 6.45) is 5.55. The van der Waals surface area contributed by atoms with E-state index in [0.717, 1.165) is 48.0 Å². The van der Waals surface area contributed by atoms with Crippen LogP contribution in [0.3, 0.4) is 0 Å². The van der Waals surface area contributed by atoms with Crippen LogP contribution in [0.5, 0.6) is 0 Å². The zero-order valence-corrected chi connectivity index (χ0v) is 17.9. The van der Waals surface area contributed by atoms with Gasteiger partial charge in [0.05, 0.1) is 22.3 Å². The Morgan fingerprint density at radius 2 is 1.62 bits per heavy atom. The van der Waals surface area contributed by atoms with Crippen LogP contribution >= 0.6 is 0 Å². The van der Waals surface area contributed by atoms with Crippen LogP contribution in [0.4, 0.5) is 5.69 Å². The Balaban J connectivity index is 1.15. The minimum Gasteiger partial charge on any atom is -0.325 e. The molecule has 0 fully saturated rings. The summed E-state index contributed by atoms with van der Waals surface area (Å²) in [7, 11) is 0. The molecule has 162 valence electrons. The summed E-state index contributed by atoms with van der Waals surface area (Å²) in [4.78, 5) is 43.6. The summed E-state index contributed by atoms with van der Waals surface area (Å²) < 4.78 is 0. The molecule has 1 aromatic heterocycles. The van der Waals surface area contributed by atoms with Crippen LogP contribution < -0.4 is 5.32 Å². The molecule has 1 N–H and O–H groups in total. The largest absolute Gasteiger partial charge is 0.325 e. The molecule has 0 radical (unpaired) electrons. The molecule has 0 atom stereocenters. The molecule has 0 bridgehead atoms. The van der Waals surface area contributed by atoms with Gasteiger partial charge in [-0.25, -0.2) is 0 Å². The van der Waals surface area contributed by atoms with E-state index in [2.05, 4.69) is 5.32 Å². The molecule has 1 aliphatic carbocycles. The number of rotatable bonds is 7. The molecule has 1 aliphatic heterocycles. The van der Waals surface area contributed by atoms with Gasteiger partial charge in [0, 0.05) is 24.0 Å². The van der Waals surface area contributed by atoms with E-state index in [1.165, 1.54) is 10.5 Å². The first-order valence-electron chi connectivity index (χ1n) is 11.3. The molecule has 6 heteroatoms. The van der Waals surface area contributed by atoms with E-state index in [4.69, 9.17) is 4.98 Å². The van der Waals surface area contributed by atoms with E-state index in [-0.39, 0.29) is 17.7 Å². The fourth-order valence-corrected chi connectivity index (χ4v) is 4.73. The second-order valence-corrected chi connectivity index (χ2v) is 8.45. The number of benzene rings is 2. The number of fused-ring (bicyclic) bond motifs is 3. The lowest BCUT2D eigenvalue weighted by molar-refractivity contribution is -0.116. The first kappa shape index (κ1) is 20.4. The van der Waals surface area contributed by atoms with Crippen molar-refractivity contribution in [1.82, 2.24) is 9.88 Å². The van der Waals surface area contributed by atoms with Crippen molar-refractivity contribution in [3.63, 3.8) is 0 Å². The van der Waals surface area contributed by atoms with Crippen molar-refractivity contribution < 1.29 is 14.4 Å². The Hall–Kier alpha value is -3.54. The Morgan fingerprint density at radius 3 is 2.41 bits per heavy atom. The van der Waals surface area contributed by atoms with E-state index in [1.54, 1.807) is 24.3 Å². The predicted octanol–water partition coefficient (Wildman–Crippen LogP) is 4.52. The number of nitrogens with one attached hydrogen (secondary N) is 1. The number of aromatic nitrogens is 1. The zero-order chi connectivity index (χ0) is 22.1. The molecule has 6 nitrogen and oxygen atoms in total. The summed E-state index contributed by atoms with van der Waals surface area (Å²) in [6, 6.07) is 14.9. The van der Waals surface area contributed by atoms with Crippen LogP contribution in [0.15, 0.2) is 48.5 Å². The van der Waals surface area contributed by atoms with E-state index in [1.807, 2.05) is 24.3 Å². The first-order chi connectivity index (χ1) is 15.6. The molecular weight excluding hydrogens is 402 g/mol. The van der Waals surface area contributed by atoms with Gasteiger partial charge in [0.25, 0.3) is 11.8 Å². The van der Waals surface area contributed by atoms with Crippen molar-refractivity contribution in [1.29, 1.82) is 0 Å². The molecule has 3 amide bonds. The predicted molar refractivity (Wildman–Crippen MR) is 123 cm³/mol. The summed E-state index contributed by atoms with van der Waals surface area (Å²) >= 11 is 0. The Morgan fingerprint density at radius 1 is 0.906 bits per heavy atom. The fourth-order valence-electron chi connectivity index (χ4n) is 4.73. The average Bonchev–Trinajstić information content (AvgIpc) is 3.37. The Bertz CT molecular complexity index is 1200. The van der Waals surface area contributed by atoms with E-state index in [9.17, 15) is 14.4 Å². The van der Waals surface area contributed by atoms with Gasteiger partial charge in [0.2, 0.25) is 5.91 Å². The number of hydrogen-bond donors (Lipinski definition) is 1. The third-order valence-corrected chi connectivity index (χ3v) is 6.35. The molecule has 2 heterocycles. The minimum absolute atomic E-state index is 0.00353. The van der Waals surface area contributed by atoms with Crippen molar-refractivity contribution in [2.24, 2.45) is 0 Å².